The van der Waals surface area contributed by atoms with Crippen LogP contribution in [0.2, 0.25) is 5.02 Å². The molecule has 1 aliphatic rings. The number of nitrogens with zero attached hydrogens (tertiary/aromatic N) is 1. The van der Waals surface area contributed by atoms with E-state index in [1.165, 1.54) is 11.8 Å². The lowest BCUT2D eigenvalue weighted by molar-refractivity contribution is -0.188. The van der Waals surface area contributed by atoms with Crippen LogP contribution in [0.3, 0.4) is 0 Å². The lowest BCUT2D eigenvalue weighted by Gasteiger charge is -2.18. The van der Waals surface area contributed by atoms with Crippen molar-refractivity contribution in [2.45, 2.75) is 11.9 Å². The number of hydrogen-bond acceptors (Lipinski definition) is 3. The van der Waals surface area contributed by atoms with Crippen molar-refractivity contribution in [1.82, 2.24) is 4.90 Å². The minimum atomic E-state index is -4.63. The van der Waals surface area contributed by atoms with Gasteiger partial charge in [0.25, 0.3) is 0 Å². The fourth-order valence-electron chi connectivity index (χ4n) is 2.52. The van der Waals surface area contributed by atoms with Gasteiger partial charge in [0, 0.05) is 23.9 Å². The molecule has 0 spiro atoms. The van der Waals surface area contributed by atoms with Crippen LogP contribution in [-0.2, 0) is 15.3 Å². The van der Waals surface area contributed by atoms with Gasteiger partial charge in [-0.1, -0.05) is 23.7 Å². The Labute approximate surface area is 146 Å². The zero-order valence-corrected chi connectivity index (χ0v) is 14.0. The summed E-state index contributed by atoms with van der Waals surface area (Å²) in [5.74, 6) is -5.11. The van der Waals surface area contributed by atoms with Crippen molar-refractivity contribution in [3.05, 3.63) is 34.9 Å². The van der Waals surface area contributed by atoms with Crippen molar-refractivity contribution in [2.75, 3.05) is 18.8 Å². The molecule has 1 heterocycles. The molecule has 0 bridgehead atoms. The molecule has 1 N–H and O–H groups in total. The molecule has 1 aliphatic heterocycles. The predicted octanol–water partition coefficient (Wildman–Crippen LogP) is 3.29. The number of thioether (sulfide) groups is 1. The third kappa shape index (κ3) is 4.80. The molecule has 0 saturated carbocycles. The largest absolute Gasteiger partial charge is 0.481 e. The Bertz CT molecular complexity index is 609. The highest BCUT2D eigenvalue weighted by Gasteiger charge is 2.53. The van der Waals surface area contributed by atoms with Crippen LogP contribution in [0.1, 0.15) is 5.56 Å². The molecule has 1 aromatic carbocycles. The summed E-state index contributed by atoms with van der Waals surface area (Å²) in [6.07, 6.45) is -4.63. The fourth-order valence-corrected chi connectivity index (χ4v) is 3.53. The van der Waals surface area contributed by atoms with Crippen molar-refractivity contribution < 1.29 is 27.9 Å². The summed E-state index contributed by atoms with van der Waals surface area (Å²) in [6.45, 7) is -0.999. The van der Waals surface area contributed by atoms with Crippen LogP contribution >= 0.6 is 23.4 Å². The monoisotopic (exact) mass is 381 g/mol. The van der Waals surface area contributed by atoms with Gasteiger partial charge in [-0.3, -0.25) is 9.59 Å². The number of carboxylic acids is 1. The van der Waals surface area contributed by atoms with Crippen molar-refractivity contribution in [3.63, 3.8) is 0 Å². The summed E-state index contributed by atoms with van der Waals surface area (Å²) in [6, 6.07) is 7.03. The summed E-state index contributed by atoms with van der Waals surface area (Å²) in [5, 5.41) is 9.53. The number of carbonyl (C=O) groups excluding carboxylic acids is 1. The maximum absolute atomic E-state index is 12.9. The Morgan fingerprint density at radius 2 is 1.88 bits per heavy atom. The smallest absolute Gasteiger partial charge is 0.394 e. The van der Waals surface area contributed by atoms with Gasteiger partial charge in [-0.15, -0.1) is 11.8 Å². The average molecular weight is 382 g/mol. The molecule has 9 heteroatoms. The van der Waals surface area contributed by atoms with E-state index in [4.69, 9.17) is 16.7 Å². The molecule has 0 unspecified atom stereocenters. The molecule has 132 valence electrons. The molecule has 0 aliphatic carbocycles. The second-order valence-electron chi connectivity index (χ2n) is 5.51. The second kappa shape index (κ2) is 7.65. The van der Waals surface area contributed by atoms with Gasteiger partial charge in [-0.2, -0.15) is 13.2 Å². The van der Waals surface area contributed by atoms with Crippen LogP contribution in [0.5, 0.6) is 0 Å². The van der Waals surface area contributed by atoms with Crippen molar-refractivity contribution in [1.29, 1.82) is 0 Å². The normalized spacial score (nSPS) is 21.1. The molecular formula is C15H15ClF3NO3S. The van der Waals surface area contributed by atoms with Crippen LogP contribution in [0.15, 0.2) is 24.3 Å². The molecule has 4 nitrogen and oxygen atoms in total. The van der Waals surface area contributed by atoms with E-state index in [2.05, 4.69) is 0 Å². The van der Waals surface area contributed by atoms with Gasteiger partial charge in [0.2, 0.25) is 5.91 Å². The molecule has 24 heavy (non-hydrogen) atoms. The van der Waals surface area contributed by atoms with E-state index in [9.17, 15) is 22.8 Å². The third-order valence-electron chi connectivity index (χ3n) is 3.82. The first-order valence-corrected chi connectivity index (χ1v) is 8.61. The summed E-state index contributed by atoms with van der Waals surface area (Å²) in [7, 11) is 0. The third-order valence-corrected chi connectivity index (χ3v) is 5.06. The highest BCUT2D eigenvalue weighted by atomic mass is 35.5. The number of amides is 1. The first kappa shape index (κ1) is 18.9. The van der Waals surface area contributed by atoms with Crippen molar-refractivity contribution in [2.24, 2.45) is 11.8 Å². The lowest BCUT2D eigenvalue weighted by Crippen LogP contribution is -2.34. The standard InChI is InChI=1S/C15H15ClF3NO3S/c16-10-3-1-9(2-4-10)7-24-8-13(21)20-5-11(14(22)23)12(6-20)15(17,18)19/h1-4,11-12H,5-8H2,(H,22,23)/t11-,12-/m1/s1. The van der Waals surface area contributed by atoms with Gasteiger partial charge in [0.15, 0.2) is 0 Å². The van der Waals surface area contributed by atoms with E-state index in [1.54, 1.807) is 24.3 Å². The number of rotatable bonds is 5. The van der Waals surface area contributed by atoms with Gasteiger partial charge >= 0.3 is 12.1 Å². The van der Waals surface area contributed by atoms with Gasteiger partial charge in [0.1, 0.15) is 0 Å². The topological polar surface area (TPSA) is 57.6 Å². The van der Waals surface area contributed by atoms with Crippen molar-refractivity contribution in [3.8, 4) is 0 Å². The highest BCUT2D eigenvalue weighted by molar-refractivity contribution is 7.99. The number of carboxylic acid groups (broad SMARTS) is 1. The van der Waals surface area contributed by atoms with E-state index in [0.717, 1.165) is 10.5 Å². The maximum Gasteiger partial charge on any atom is 0.394 e. The molecule has 2 rings (SSSR count). The van der Waals surface area contributed by atoms with Crippen LogP contribution in [-0.4, -0.2) is 46.9 Å². The molecule has 1 fully saturated rings. The van der Waals surface area contributed by atoms with E-state index in [0.29, 0.717) is 10.8 Å². The minimum absolute atomic E-state index is 0.000454. The van der Waals surface area contributed by atoms with Crippen LogP contribution < -0.4 is 0 Å². The van der Waals surface area contributed by atoms with Gasteiger partial charge in [-0.25, -0.2) is 0 Å². The van der Waals surface area contributed by atoms with Crippen LogP contribution in [0.4, 0.5) is 13.2 Å². The predicted molar refractivity (Wildman–Crippen MR) is 84.9 cm³/mol. The molecule has 0 aromatic heterocycles. The summed E-state index contributed by atoms with van der Waals surface area (Å²) < 4.78 is 38.7. The van der Waals surface area contributed by atoms with Gasteiger partial charge < -0.3 is 10.0 Å². The van der Waals surface area contributed by atoms with Crippen LogP contribution in [0.25, 0.3) is 0 Å². The average Bonchev–Trinajstić information content (AvgIpc) is 2.95. The molecule has 2 atom stereocenters. The number of alkyl halides is 3. The van der Waals surface area contributed by atoms with E-state index < -0.39 is 43.0 Å². The molecule has 0 radical (unpaired) electrons. The summed E-state index contributed by atoms with van der Waals surface area (Å²) >= 11 is 7.03. The minimum Gasteiger partial charge on any atom is -0.481 e. The highest BCUT2D eigenvalue weighted by Crippen LogP contribution is 2.37. The Morgan fingerprint density at radius 3 is 2.38 bits per heavy atom. The molecule has 1 aromatic rings. The first-order valence-electron chi connectivity index (χ1n) is 7.08. The van der Waals surface area contributed by atoms with Gasteiger partial charge in [-0.05, 0) is 17.7 Å². The number of aliphatic carboxylic acids is 1. The van der Waals surface area contributed by atoms with E-state index in [1.807, 2.05) is 0 Å². The lowest BCUT2D eigenvalue weighted by atomic mass is 9.96. The van der Waals surface area contributed by atoms with Crippen molar-refractivity contribution >= 4 is 35.2 Å². The molecular weight excluding hydrogens is 367 g/mol. The maximum atomic E-state index is 12.9. The number of carbonyl (C=O) groups is 2. The van der Waals surface area contributed by atoms with Crippen LogP contribution in [0, 0.1) is 11.8 Å². The number of halogens is 4. The molecule has 1 amide bonds. The van der Waals surface area contributed by atoms with Gasteiger partial charge in [0.05, 0.1) is 17.6 Å². The Balaban J connectivity index is 1.88. The summed E-state index contributed by atoms with van der Waals surface area (Å²) in [5.41, 5.74) is 0.940. The quantitative estimate of drug-likeness (QED) is 0.850. The number of likely N-dealkylation sites (tertiary alicyclic amines) is 1. The zero-order chi connectivity index (χ0) is 17.9. The summed E-state index contributed by atoms with van der Waals surface area (Å²) in [4.78, 5) is 24.0. The zero-order valence-electron chi connectivity index (χ0n) is 12.4. The Kier molecular flexibility index (Phi) is 6.03. The van der Waals surface area contributed by atoms with E-state index in [-0.39, 0.29) is 5.75 Å². The number of hydrogen-bond donors (Lipinski definition) is 1. The second-order valence-corrected chi connectivity index (χ2v) is 6.93. The van der Waals surface area contributed by atoms with E-state index >= 15 is 0 Å². The first-order chi connectivity index (χ1) is 11.2. The fraction of sp³-hybridized carbons (Fsp3) is 0.467. The Morgan fingerprint density at radius 1 is 1.25 bits per heavy atom. The number of benzene rings is 1. The Hall–Kier alpha value is -1.41. The SMILES string of the molecule is O=C(O)[C@@H]1CN(C(=O)CSCc2ccc(Cl)cc2)C[C@H]1C(F)(F)F. The molecule has 1 saturated heterocycles.